The van der Waals surface area contributed by atoms with Crippen molar-refractivity contribution in [2.75, 3.05) is 7.05 Å². The van der Waals surface area contributed by atoms with Gasteiger partial charge in [-0.3, -0.25) is 5.01 Å². The second kappa shape index (κ2) is 2.86. The molecule has 0 saturated heterocycles. The Morgan fingerprint density at radius 3 is 2.70 bits per heavy atom. The molecule has 0 atom stereocenters. The molecule has 1 rings (SSSR count). The van der Waals surface area contributed by atoms with Gasteiger partial charge in [0.1, 0.15) is 0 Å². The van der Waals surface area contributed by atoms with Crippen molar-refractivity contribution in [3.8, 4) is 0 Å². The number of hydrazone groups is 1. The molecule has 1 fully saturated rings. The Morgan fingerprint density at radius 1 is 1.70 bits per heavy atom. The van der Waals surface area contributed by atoms with E-state index in [2.05, 4.69) is 11.7 Å². The first kappa shape index (κ1) is 7.32. The Morgan fingerprint density at radius 2 is 2.30 bits per heavy atom. The summed E-state index contributed by atoms with van der Waals surface area (Å²) in [5.74, 6) is 0. The predicted molar refractivity (Wildman–Crippen MR) is 44.1 cm³/mol. The Kier molecular flexibility index (Phi) is 2.10. The summed E-state index contributed by atoms with van der Waals surface area (Å²) in [5, 5.41) is 6.31. The Hall–Kier alpha value is -0.790. The van der Waals surface area contributed by atoms with E-state index >= 15 is 0 Å². The smallest absolute Gasteiger partial charge is 0.0568 e. The maximum absolute atomic E-state index is 4.29. The predicted octanol–water partition coefficient (Wildman–Crippen LogP) is 1.64. The van der Waals surface area contributed by atoms with E-state index in [9.17, 15) is 0 Å². The maximum atomic E-state index is 4.29. The fourth-order valence-corrected chi connectivity index (χ4v) is 0.819. The molecular formula is C8H14N2. The van der Waals surface area contributed by atoms with E-state index in [1.54, 1.807) is 6.08 Å². The van der Waals surface area contributed by atoms with Crippen LogP contribution < -0.4 is 0 Å². The molecular weight excluding hydrogens is 124 g/mol. The lowest BCUT2D eigenvalue weighted by Gasteiger charge is -2.11. The minimum Gasteiger partial charge on any atom is -0.297 e. The van der Waals surface area contributed by atoms with Crippen molar-refractivity contribution in [2.45, 2.75) is 25.8 Å². The van der Waals surface area contributed by atoms with Crippen LogP contribution in [0, 0.1) is 0 Å². The summed E-state index contributed by atoms with van der Waals surface area (Å²) in [4.78, 5) is 0. The molecule has 2 nitrogen and oxygen atoms in total. The number of rotatable bonds is 3. The molecule has 56 valence electrons. The van der Waals surface area contributed by atoms with Crippen molar-refractivity contribution < 1.29 is 0 Å². The van der Waals surface area contributed by atoms with E-state index in [4.69, 9.17) is 0 Å². The molecule has 0 aromatic rings. The lowest BCUT2D eigenvalue weighted by atomic mass is 10.4. The fraction of sp³-hybridized carbons (Fsp3) is 0.625. The average molecular weight is 138 g/mol. The molecule has 10 heavy (non-hydrogen) atoms. The van der Waals surface area contributed by atoms with E-state index in [0.29, 0.717) is 6.04 Å². The first-order valence-corrected chi connectivity index (χ1v) is 3.64. The van der Waals surface area contributed by atoms with Gasteiger partial charge in [-0.1, -0.05) is 6.58 Å². The molecule has 1 aliphatic carbocycles. The minimum absolute atomic E-state index is 0.704. The zero-order valence-corrected chi connectivity index (χ0v) is 6.67. The van der Waals surface area contributed by atoms with Crippen LogP contribution in [0.4, 0.5) is 0 Å². The topological polar surface area (TPSA) is 15.6 Å². The third kappa shape index (κ3) is 1.87. The Bertz CT molecular complexity index is 157. The van der Waals surface area contributed by atoms with Gasteiger partial charge in [0.25, 0.3) is 0 Å². The number of hydrogen-bond acceptors (Lipinski definition) is 2. The van der Waals surface area contributed by atoms with Gasteiger partial charge in [-0.25, -0.2) is 0 Å². The summed E-state index contributed by atoms with van der Waals surface area (Å²) in [6, 6.07) is 0.704. The van der Waals surface area contributed by atoms with Gasteiger partial charge in [0.15, 0.2) is 0 Å². The van der Waals surface area contributed by atoms with Crippen molar-refractivity contribution in [3.63, 3.8) is 0 Å². The summed E-state index contributed by atoms with van der Waals surface area (Å²) in [6.45, 7) is 5.60. The maximum Gasteiger partial charge on any atom is 0.0568 e. The quantitative estimate of drug-likeness (QED) is 0.427. The van der Waals surface area contributed by atoms with E-state index in [1.165, 1.54) is 12.8 Å². The van der Waals surface area contributed by atoms with Crippen molar-refractivity contribution in [2.24, 2.45) is 5.10 Å². The lowest BCUT2D eigenvalue weighted by molar-refractivity contribution is 0.344. The van der Waals surface area contributed by atoms with Gasteiger partial charge in [0, 0.05) is 13.1 Å². The Labute approximate surface area is 62.2 Å². The SMILES string of the molecule is C=C/C(C)=N\N(C)C1CC1. The van der Waals surface area contributed by atoms with Gasteiger partial charge < -0.3 is 0 Å². The van der Waals surface area contributed by atoms with Crippen LogP contribution in [0.25, 0.3) is 0 Å². The number of nitrogens with zero attached hydrogens (tertiary/aromatic N) is 2. The highest BCUT2D eigenvalue weighted by molar-refractivity contribution is 5.91. The highest BCUT2D eigenvalue weighted by Gasteiger charge is 2.25. The summed E-state index contributed by atoms with van der Waals surface area (Å²) in [6.07, 6.45) is 4.37. The van der Waals surface area contributed by atoms with E-state index < -0.39 is 0 Å². The molecule has 1 aliphatic rings. The fourth-order valence-electron chi connectivity index (χ4n) is 0.819. The molecule has 0 amide bonds. The van der Waals surface area contributed by atoms with Gasteiger partial charge in [0.05, 0.1) is 5.71 Å². The minimum atomic E-state index is 0.704. The molecule has 2 heteroatoms. The highest BCUT2D eigenvalue weighted by atomic mass is 15.5. The second-order valence-electron chi connectivity index (χ2n) is 2.75. The molecule has 0 unspecified atom stereocenters. The van der Waals surface area contributed by atoms with Crippen LogP contribution in [0.15, 0.2) is 17.8 Å². The van der Waals surface area contributed by atoms with Crippen molar-refractivity contribution in [1.29, 1.82) is 0 Å². The monoisotopic (exact) mass is 138 g/mol. The number of allylic oxidation sites excluding steroid dienone is 1. The molecule has 0 heterocycles. The van der Waals surface area contributed by atoms with Gasteiger partial charge in [-0.2, -0.15) is 5.10 Å². The van der Waals surface area contributed by atoms with E-state index in [1.807, 2.05) is 19.0 Å². The first-order valence-electron chi connectivity index (χ1n) is 3.64. The largest absolute Gasteiger partial charge is 0.297 e. The van der Waals surface area contributed by atoms with Crippen LogP contribution in [0.5, 0.6) is 0 Å². The van der Waals surface area contributed by atoms with Crippen molar-refractivity contribution in [3.05, 3.63) is 12.7 Å². The zero-order chi connectivity index (χ0) is 7.56. The van der Waals surface area contributed by atoms with Crippen LogP contribution in [-0.4, -0.2) is 23.8 Å². The van der Waals surface area contributed by atoms with E-state index in [-0.39, 0.29) is 0 Å². The van der Waals surface area contributed by atoms with Crippen LogP contribution in [-0.2, 0) is 0 Å². The summed E-state index contributed by atoms with van der Waals surface area (Å²) in [5.41, 5.74) is 0.995. The van der Waals surface area contributed by atoms with Crippen LogP contribution >= 0.6 is 0 Å². The summed E-state index contributed by atoms with van der Waals surface area (Å²) < 4.78 is 0. The standard InChI is InChI=1S/C8H14N2/c1-4-7(2)9-10(3)8-5-6-8/h4,8H,1,5-6H2,2-3H3/b9-7-. The van der Waals surface area contributed by atoms with Gasteiger partial charge in [-0.05, 0) is 25.8 Å². The van der Waals surface area contributed by atoms with Crippen molar-refractivity contribution in [1.82, 2.24) is 5.01 Å². The third-order valence-electron chi connectivity index (χ3n) is 1.69. The van der Waals surface area contributed by atoms with Gasteiger partial charge >= 0.3 is 0 Å². The van der Waals surface area contributed by atoms with Gasteiger partial charge in [0.2, 0.25) is 0 Å². The van der Waals surface area contributed by atoms with Crippen LogP contribution in [0.1, 0.15) is 19.8 Å². The average Bonchev–Trinajstić information content (AvgIpc) is 2.68. The molecule has 0 bridgehead atoms. The van der Waals surface area contributed by atoms with Crippen LogP contribution in [0.3, 0.4) is 0 Å². The van der Waals surface area contributed by atoms with E-state index in [0.717, 1.165) is 5.71 Å². The lowest BCUT2D eigenvalue weighted by Crippen LogP contribution is -2.14. The molecule has 1 saturated carbocycles. The second-order valence-corrected chi connectivity index (χ2v) is 2.75. The van der Waals surface area contributed by atoms with Gasteiger partial charge in [-0.15, -0.1) is 0 Å². The normalized spacial score (nSPS) is 18.8. The first-order chi connectivity index (χ1) is 4.74. The molecule has 0 radical (unpaired) electrons. The zero-order valence-electron chi connectivity index (χ0n) is 6.67. The molecule has 0 spiro atoms. The summed E-state index contributed by atoms with van der Waals surface area (Å²) in [7, 11) is 2.02. The van der Waals surface area contributed by atoms with Crippen molar-refractivity contribution >= 4 is 5.71 Å². The Balaban J connectivity index is 2.40. The van der Waals surface area contributed by atoms with Crippen LogP contribution in [0.2, 0.25) is 0 Å². The number of hydrogen-bond donors (Lipinski definition) is 0. The summed E-state index contributed by atoms with van der Waals surface area (Å²) >= 11 is 0. The molecule has 0 aromatic carbocycles. The third-order valence-corrected chi connectivity index (χ3v) is 1.69. The molecule has 0 aromatic heterocycles. The highest BCUT2D eigenvalue weighted by Crippen LogP contribution is 2.25. The molecule has 0 N–H and O–H groups in total. The molecule has 0 aliphatic heterocycles.